The molecule has 0 bridgehead atoms. The van der Waals surface area contributed by atoms with Crippen molar-refractivity contribution in [3.8, 4) is 0 Å². The summed E-state index contributed by atoms with van der Waals surface area (Å²) < 4.78 is 0. The highest BCUT2D eigenvalue weighted by atomic mass is 16.2. The zero-order valence-corrected chi connectivity index (χ0v) is 4.26. The fourth-order valence-corrected chi connectivity index (χ4v) is 0.652. The van der Waals surface area contributed by atoms with Crippen LogP contribution >= 0.6 is 0 Å². The lowest BCUT2D eigenvalue weighted by atomic mass is 9.88. The molecule has 0 aliphatic carbocycles. The lowest BCUT2D eigenvalue weighted by molar-refractivity contribution is 0.561. The van der Waals surface area contributed by atoms with E-state index in [1.54, 1.807) is 5.98 Å². The predicted molar refractivity (Wildman–Crippen MR) is 29.7 cm³/mol. The Morgan fingerprint density at radius 2 is 2.57 bits per heavy atom. The van der Waals surface area contributed by atoms with E-state index >= 15 is 0 Å². The summed E-state index contributed by atoms with van der Waals surface area (Å²) in [6.45, 7) is 1.99. The summed E-state index contributed by atoms with van der Waals surface area (Å²) in [4.78, 5) is 0. The SMILES string of the molecule is C[C@@H]1C=CB(O)N1. The molecule has 0 aromatic heterocycles. The average Bonchev–Trinajstić information content (AvgIpc) is 1.87. The van der Waals surface area contributed by atoms with Crippen LogP contribution in [0.5, 0.6) is 0 Å². The molecule has 0 aromatic rings. The van der Waals surface area contributed by atoms with E-state index in [1.165, 1.54) is 0 Å². The summed E-state index contributed by atoms with van der Waals surface area (Å²) in [7, 11) is -0.407. The minimum absolute atomic E-state index is 0.343. The highest BCUT2D eigenvalue weighted by Gasteiger charge is 2.14. The summed E-state index contributed by atoms with van der Waals surface area (Å²) >= 11 is 0. The largest absolute Gasteiger partial charge is 0.434 e. The van der Waals surface area contributed by atoms with Crippen LogP contribution in [0.25, 0.3) is 0 Å². The fourth-order valence-electron chi connectivity index (χ4n) is 0.652. The van der Waals surface area contributed by atoms with Gasteiger partial charge in [-0.25, -0.2) is 0 Å². The Morgan fingerprint density at radius 1 is 1.86 bits per heavy atom. The number of hydrogen-bond acceptors (Lipinski definition) is 2. The normalized spacial score (nSPS) is 29.4. The van der Waals surface area contributed by atoms with Crippen molar-refractivity contribution in [2.75, 3.05) is 0 Å². The Bertz CT molecular complexity index is 83.7. The minimum Gasteiger partial charge on any atom is -0.434 e. The minimum atomic E-state index is -0.407. The molecule has 1 atom stereocenters. The van der Waals surface area contributed by atoms with Crippen LogP contribution in [0, 0.1) is 0 Å². The van der Waals surface area contributed by atoms with Crippen molar-refractivity contribution < 1.29 is 5.02 Å². The Balaban J connectivity index is 2.42. The van der Waals surface area contributed by atoms with Gasteiger partial charge >= 0.3 is 7.05 Å². The van der Waals surface area contributed by atoms with Crippen LogP contribution in [0.1, 0.15) is 6.92 Å². The van der Waals surface area contributed by atoms with Crippen LogP contribution < -0.4 is 5.23 Å². The first-order valence-corrected chi connectivity index (χ1v) is 2.41. The van der Waals surface area contributed by atoms with Gasteiger partial charge in [0.1, 0.15) is 0 Å². The molecule has 2 N–H and O–H groups in total. The monoisotopic (exact) mass is 97.1 g/mol. The molecular weight excluding hydrogens is 88.9 g/mol. The van der Waals surface area contributed by atoms with E-state index < -0.39 is 7.05 Å². The van der Waals surface area contributed by atoms with Crippen LogP contribution in [0.4, 0.5) is 0 Å². The number of hydrogen-bond donors (Lipinski definition) is 2. The van der Waals surface area contributed by atoms with Gasteiger partial charge in [0.25, 0.3) is 0 Å². The van der Waals surface area contributed by atoms with E-state index in [1.807, 2.05) is 13.0 Å². The van der Waals surface area contributed by atoms with Crippen molar-refractivity contribution in [3.05, 3.63) is 12.1 Å². The van der Waals surface area contributed by atoms with Gasteiger partial charge in [0.2, 0.25) is 0 Å². The zero-order valence-electron chi connectivity index (χ0n) is 4.26. The third-order valence-corrected chi connectivity index (χ3v) is 1.02. The molecule has 2 nitrogen and oxygen atoms in total. The van der Waals surface area contributed by atoms with E-state index in [4.69, 9.17) is 5.02 Å². The second-order valence-electron chi connectivity index (χ2n) is 1.79. The lowest BCUT2D eigenvalue weighted by Gasteiger charge is -1.98. The third-order valence-electron chi connectivity index (χ3n) is 1.02. The van der Waals surface area contributed by atoms with Gasteiger partial charge < -0.3 is 10.3 Å². The van der Waals surface area contributed by atoms with Gasteiger partial charge in [-0.2, -0.15) is 0 Å². The topological polar surface area (TPSA) is 32.3 Å². The van der Waals surface area contributed by atoms with E-state index in [-0.39, 0.29) is 0 Å². The van der Waals surface area contributed by atoms with Gasteiger partial charge in [-0.05, 0) is 6.92 Å². The molecule has 0 radical (unpaired) electrons. The smallest absolute Gasteiger partial charge is 0.405 e. The first-order valence-electron chi connectivity index (χ1n) is 2.41. The third kappa shape index (κ3) is 1.04. The van der Waals surface area contributed by atoms with Crippen molar-refractivity contribution in [3.63, 3.8) is 0 Å². The molecule has 0 spiro atoms. The summed E-state index contributed by atoms with van der Waals surface area (Å²) in [6.07, 6.45) is 1.94. The zero-order chi connectivity index (χ0) is 5.28. The maximum atomic E-state index is 8.70. The molecule has 1 heterocycles. The molecule has 1 aliphatic heterocycles. The first-order chi connectivity index (χ1) is 3.29. The Kier molecular flexibility index (Phi) is 1.17. The molecule has 0 fully saturated rings. The van der Waals surface area contributed by atoms with Crippen molar-refractivity contribution in [1.29, 1.82) is 0 Å². The molecule has 1 aliphatic rings. The van der Waals surface area contributed by atoms with E-state index in [0.717, 1.165) is 0 Å². The van der Waals surface area contributed by atoms with Crippen LogP contribution in [0.15, 0.2) is 12.1 Å². The molecule has 0 amide bonds. The van der Waals surface area contributed by atoms with Crippen LogP contribution in [0.3, 0.4) is 0 Å². The molecular formula is C4H8BNO. The highest BCUT2D eigenvalue weighted by molar-refractivity contribution is 6.54. The molecule has 0 saturated carbocycles. The average molecular weight is 96.9 g/mol. The predicted octanol–water partition coefficient (Wildman–Crippen LogP) is -0.446. The quantitative estimate of drug-likeness (QED) is 0.401. The van der Waals surface area contributed by atoms with Crippen molar-refractivity contribution >= 4 is 7.05 Å². The molecule has 0 saturated heterocycles. The fraction of sp³-hybridized carbons (Fsp3) is 0.500. The summed E-state index contributed by atoms with van der Waals surface area (Å²) in [5.74, 6) is 1.74. The second kappa shape index (κ2) is 1.68. The van der Waals surface area contributed by atoms with Crippen molar-refractivity contribution in [2.45, 2.75) is 13.0 Å². The van der Waals surface area contributed by atoms with Crippen molar-refractivity contribution in [1.82, 2.24) is 5.23 Å². The van der Waals surface area contributed by atoms with E-state index in [9.17, 15) is 0 Å². The first kappa shape index (κ1) is 4.87. The summed E-state index contributed by atoms with van der Waals surface area (Å²) in [6, 6.07) is 0.343. The van der Waals surface area contributed by atoms with Crippen LogP contribution in [0.2, 0.25) is 0 Å². The molecule has 0 aromatic carbocycles. The van der Waals surface area contributed by atoms with E-state index in [0.29, 0.717) is 6.04 Å². The highest BCUT2D eigenvalue weighted by Crippen LogP contribution is 1.93. The molecule has 7 heavy (non-hydrogen) atoms. The summed E-state index contributed by atoms with van der Waals surface area (Å²) in [5, 5.41) is 11.6. The standard InChI is InChI=1S/C4H8BNO/c1-4-2-3-5(7)6-4/h2-4,6-7H,1H3/t4-/m1/s1. The lowest BCUT2D eigenvalue weighted by Crippen LogP contribution is -2.32. The summed E-state index contributed by atoms with van der Waals surface area (Å²) in [5.41, 5.74) is 0. The van der Waals surface area contributed by atoms with E-state index in [2.05, 4.69) is 5.23 Å². The van der Waals surface area contributed by atoms with Crippen molar-refractivity contribution in [2.24, 2.45) is 0 Å². The molecule has 3 heteroatoms. The Hall–Kier alpha value is -0.275. The van der Waals surface area contributed by atoms with Crippen LogP contribution in [-0.4, -0.2) is 18.1 Å². The number of nitrogens with one attached hydrogen (secondary N) is 1. The van der Waals surface area contributed by atoms with Gasteiger partial charge in [0.05, 0.1) is 0 Å². The maximum Gasteiger partial charge on any atom is 0.405 e. The molecule has 1 rings (SSSR count). The van der Waals surface area contributed by atoms with Gasteiger partial charge in [0, 0.05) is 6.04 Å². The van der Waals surface area contributed by atoms with Gasteiger partial charge in [0.15, 0.2) is 0 Å². The Labute approximate surface area is 43.4 Å². The second-order valence-corrected chi connectivity index (χ2v) is 1.79. The number of rotatable bonds is 0. The van der Waals surface area contributed by atoms with Gasteiger partial charge in [-0.15, -0.1) is 0 Å². The Morgan fingerprint density at radius 3 is 2.71 bits per heavy atom. The maximum absolute atomic E-state index is 8.70. The molecule has 38 valence electrons. The van der Waals surface area contributed by atoms with Crippen LogP contribution in [-0.2, 0) is 0 Å². The molecule has 0 unspecified atom stereocenters. The van der Waals surface area contributed by atoms with Gasteiger partial charge in [-0.1, -0.05) is 12.1 Å². The van der Waals surface area contributed by atoms with Gasteiger partial charge in [-0.3, -0.25) is 0 Å².